The molecule has 1 saturated heterocycles. The molecule has 0 radical (unpaired) electrons. The van der Waals surface area contributed by atoms with Gasteiger partial charge >= 0.3 is 0 Å². The smallest absolute Gasteiger partial charge is 0.222 e. The molecule has 0 bridgehead atoms. The first-order valence-electron chi connectivity index (χ1n) is 10.6. The number of carbonyl (C=O) groups excluding carboxylic acids is 1. The van der Waals surface area contributed by atoms with Crippen molar-refractivity contribution in [3.05, 3.63) is 41.5 Å². The molecule has 1 fully saturated rings. The van der Waals surface area contributed by atoms with Crippen molar-refractivity contribution in [3.8, 4) is 5.75 Å². The maximum Gasteiger partial charge on any atom is 0.222 e. The predicted molar refractivity (Wildman–Crippen MR) is 107 cm³/mol. The van der Waals surface area contributed by atoms with Gasteiger partial charge in [0.05, 0.1) is 7.11 Å². The van der Waals surface area contributed by atoms with Gasteiger partial charge in [0.1, 0.15) is 17.4 Å². The lowest BCUT2D eigenvalue weighted by atomic mass is 9.96. The van der Waals surface area contributed by atoms with Crippen LogP contribution in [-0.4, -0.2) is 45.8 Å². The minimum absolute atomic E-state index is 0.239. The van der Waals surface area contributed by atoms with Crippen LogP contribution >= 0.6 is 0 Å². The number of aromatic nitrogens is 3. The van der Waals surface area contributed by atoms with Gasteiger partial charge in [0.2, 0.25) is 5.91 Å². The van der Waals surface area contributed by atoms with Crippen LogP contribution < -0.4 is 4.74 Å². The van der Waals surface area contributed by atoms with Crippen LogP contribution in [0.15, 0.2) is 24.3 Å². The third kappa shape index (κ3) is 4.21. The Kier molecular flexibility index (Phi) is 5.93. The van der Waals surface area contributed by atoms with Crippen LogP contribution in [0.2, 0.25) is 0 Å². The number of aryl methyl sites for hydroxylation is 2. The van der Waals surface area contributed by atoms with E-state index in [-0.39, 0.29) is 5.91 Å². The van der Waals surface area contributed by atoms with Gasteiger partial charge in [-0.3, -0.25) is 4.79 Å². The van der Waals surface area contributed by atoms with E-state index >= 15 is 0 Å². The SMILES string of the molecule is COc1cccc(CCC(=O)N2CCCC(c3nnc4n3CCCCC4)C2)c1. The number of likely N-dealkylation sites (tertiary alicyclic amines) is 1. The summed E-state index contributed by atoms with van der Waals surface area (Å²) in [7, 11) is 1.67. The van der Waals surface area contributed by atoms with Crippen molar-refractivity contribution in [3.63, 3.8) is 0 Å². The van der Waals surface area contributed by atoms with E-state index in [0.29, 0.717) is 12.3 Å². The summed E-state index contributed by atoms with van der Waals surface area (Å²) in [6, 6.07) is 7.98. The topological polar surface area (TPSA) is 60.2 Å². The minimum atomic E-state index is 0.239. The van der Waals surface area contributed by atoms with Crippen molar-refractivity contribution in [1.29, 1.82) is 0 Å². The molecule has 1 aromatic heterocycles. The number of amides is 1. The van der Waals surface area contributed by atoms with E-state index in [2.05, 4.69) is 20.8 Å². The number of hydrogen-bond acceptors (Lipinski definition) is 4. The quantitative estimate of drug-likeness (QED) is 0.796. The second-order valence-electron chi connectivity index (χ2n) is 7.97. The Labute approximate surface area is 166 Å². The lowest BCUT2D eigenvalue weighted by molar-refractivity contribution is -0.132. The fourth-order valence-electron chi connectivity index (χ4n) is 4.46. The molecule has 1 amide bonds. The van der Waals surface area contributed by atoms with Gasteiger partial charge in [-0.15, -0.1) is 10.2 Å². The molecule has 2 aliphatic rings. The summed E-state index contributed by atoms with van der Waals surface area (Å²) in [5.74, 6) is 3.63. The zero-order valence-electron chi connectivity index (χ0n) is 16.8. The van der Waals surface area contributed by atoms with Crippen molar-refractivity contribution >= 4 is 5.91 Å². The molecule has 1 unspecified atom stereocenters. The Morgan fingerprint density at radius 1 is 1.18 bits per heavy atom. The number of rotatable bonds is 5. The number of methoxy groups -OCH3 is 1. The maximum atomic E-state index is 12.8. The summed E-state index contributed by atoms with van der Waals surface area (Å²) in [5.41, 5.74) is 1.14. The van der Waals surface area contributed by atoms with Crippen LogP contribution in [0.1, 0.15) is 61.7 Å². The van der Waals surface area contributed by atoms with Gasteiger partial charge in [-0.2, -0.15) is 0 Å². The predicted octanol–water partition coefficient (Wildman–Crippen LogP) is 3.35. The van der Waals surface area contributed by atoms with Crippen molar-refractivity contribution in [2.24, 2.45) is 0 Å². The second-order valence-corrected chi connectivity index (χ2v) is 7.97. The number of carbonyl (C=O) groups is 1. The fourth-order valence-corrected chi connectivity index (χ4v) is 4.46. The molecule has 3 heterocycles. The maximum absolute atomic E-state index is 12.8. The number of benzene rings is 1. The Balaban J connectivity index is 1.38. The number of piperidine rings is 1. The Hall–Kier alpha value is -2.37. The molecule has 2 aliphatic heterocycles. The Morgan fingerprint density at radius 3 is 3.00 bits per heavy atom. The minimum Gasteiger partial charge on any atom is -0.497 e. The molecule has 1 atom stereocenters. The summed E-state index contributed by atoms with van der Waals surface area (Å²) in [6.07, 6.45) is 8.13. The number of fused-ring (bicyclic) bond motifs is 1. The van der Waals surface area contributed by atoms with Gasteiger partial charge in [-0.05, 0) is 49.8 Å². The van der Waals surface area contributed by atoms with Gasteiger partial charge in [-0.1, -0.05) is 18.6 Å². The number of hydrogen-bond donors (Lipinski definition) is 0. The molecule has 2 aromatic rings. The normalized spacial score (nSPS) is 19.8. The molecule has 28 heavy (non-hydrogen) atoms. The lowest BCUT2D eigenvalue weighted by Crippen LogP contribution is -2.40. The summed E-state index contributed by atoms with van der Waals surface area (Å²) in [5, 5.41) is 8.98. The van der Waals surface area contributed by atoms with Gasteiger partial charge in [0.25, 0.3) is 0 Å². The van der Waals surface area contributed by atoms with E-state index < -0.39 is 0 Å². The highest BCUT2D eigenvalue weighted by Gasteiger charge is 2.29. The number of nitrogens with zero attached hydrogens (tertiary/aromatic N) is 4. The van der Waals surface area contributed by atoms with Crippen LogP contribution in [-0.2, 0) is 24.2 Å². The van der Waals surface area contributed by atoms with Crippen molar-refractivity contribution < 1.29 is 9.53 Å². The van der Waals surface area contributed by atoms with Crippen LogP contribution in [0, 0.1) is 0 Å². The molecule has 6 nitrogen and oxygen atoms in total. The molecule has 0 spiro atoms. The summed E-state index contributed by atoms with van der Waals surface area (Å²) in [6.45, 7) is 2.65. The first kappa shape index (κ1) is 19.0. The second kappa shape index (κ2) is 8.76. The molecule has 0 saturated carbocycles. The third-order valence-corrected chi connectivity index (χ3v) is 6.04. The molecule has 0 aliphatic carbocycles. The van der Waals surface area contributed by atoms with Crippen LogP contribution in [0.3, 0.4) is 0 Å². The van der Waals surface area contributed by atoms with E-state index in [9.17, 15) is 4.79 Å². The fraction of sp³-hybridized carbons (Fsp3) is 0.591. The van der Waals surface area contributed by atoms with Crippen molar-refractivity contribution in [2.45, 2.75) is 63.8 Å². The first-order chi connectivity index (χ1) is 13.7. The van der Waals surface area contributed by atoms with Crippen LogP contribution in [0.25, 0.3) is 0 Å². The van der Waals surface area contributed by atoms with E-state index in [0.717, 1.165) is 68.3 Å². The molecule has 150 valence electrons. The zero-order valence-corrected chi connectivity index (χ0v) is 16.8. The molecular weight excluding hydrogens is 352 g/mol. The van der Waals surface area contributed by atoms with E-state index in [1.54, 1.807) is 7.11 Å². The zero-order chi connectivity index (χ0) is 19.3. The molecule has 0 N–H and O–H groups in total. The van der Waals surface area contributed by atoms with Crippen molar-refractivity contribution in [2.75, 3.05) is 20.2 Å². The first-order valence-corrected chi connectivity index (χ1v) is 10.6. The standard InChI is InChI=1S/C22H30N4O2/c1-28-19-9-5-7-17(15-19)11-12-21(27)25-13-6-8-18(16-25)22-24-23-20-10-3-2-4-14-26(20)22/h5,7,9,15,18H,2-4,6,8,10-14,16H2,1H3. The van der Waals surface area contributed by atoms with E-state index in [1.165, 1.54) is 19.3 Å². The largest absolute Gasteiger partial charge is 0.497 e. The summed E-state index contributed by atoms with van der Waals surface area (Å²) >= 11 is 0. The Morgan fingerprint density at radius 2 is 2.11 bits per heavy atom. The number of ether oxygens (including phenoxy) is 1. The van der Waals surface area contributed by atoms with E-state index in [1.807, 2.05) is 23.1 Å². The highest BCUT2D eigenvalue weighted by Crippen LogP contribution is 2.28. The molecule has 1 aromatic carbocycles. The Bertz CT molecular complexity index is 817. The summed E-state index contributed by atoms with van der Waals surface area (Å²) in [4.78, 5) is 14.9. The third-order valence-electron chi connectivity index (χ3n) is 6.04. The average Bonchev–Trinajstić information content (AvgIpc) is 3.00. The molecule has 6 heteroatoms. The van der Waals surface area contributed by atoms with Gasteiger partial charge in [0, 0.05) is 38.4 Å². The van der Waals surface area contributed by atoms with E-state index in [4.69, 9.17) is 4.74 Å². The van der Waals surface area contributed by atoms with Gasteiger partial charge < -0.3 is 14.2 Å². The van der Waals surface area contributed by atoms with Crippen LogP contribution in [0.4, 0.5) is 0 Å². The highest BCUT2D eigenvalue weighted by molar-refractivity contribution is 5.76. The van der Waals surface area contributed by atoms with Crippen LogP contribution in [0.5, 0.6) is 5.75 Å². The summed E-state index contributed by atoms with van der Waals surface area (Å²) < 4.78 is 7.61. The van der Waals surface area contributed by atoms with Gasteiger partial charge in [-0.25, -0.2) is 0 Å². The molecule has 4 rings (SSSR count). The van der Waals surface area contributed by atoms with Crippen molar-refractivity contribution in [1.82, 2.24) is 19.7 Å². The average molecular weight is 383 g/mol. The monoisotopic (exact) mass is 382 g/mol. The van der Waals surface area contributed by atoms with Gasteiger partial charge in [0.15, 0.2) is 0 Å². The molecular formula is C22H30N4O2. The lowest BCUT2D eigenvalue weighted by Gasteiger charge is -2.32. The highest BCUT2D eigenvalue weighted by atomic mass is 16.5.